The monoisotopic (exact) mass is 226 g/mol. The molecule has 1 saturated heterocycles. The van der Waals surface area contributed by atoms with Gasteiger partial charge in [0.05, 0.1) is 12.1 Å². The highest BCUT2D eigenvalue weighted by Gasteiger charge is 2.49. The SMILES string of the molecule is COCC(CN)(C1CC1)N1CCCCC1C. The van der Waals surface area contributed by atoms with E-state index in [1.807, 2.05) is 0 Å². The summed E-state index contributed by atoms with van der Waals surface area (Å²) in [6, 6.07) is 0.674. The molecule has 0 aromatic rings. The molecule has 1 aliphatic carbocycles. The van der Waals surface area contributed by atoms with Gasteiger partial charge in [0.25, 0.3) is 0 Å². The van der Waals surface area contributed by atoms with E-state index in [0.29, 0.717) is 6.04 Å². The first-order chi connectivity index (χ1) is 7.74. The molecule has 2 aliphatic rings. The van der Waals surface area contributed by atoms with Gasteiger partial charge in [-0.1, -0.05) is 6.42 Å². The van der Waals surface area contributed by atoms with Gasteiger partial charge in [-0.15, -0.1) is 0 Å². The molecule has 16 heavy (non-hydrogen) atoms. The molecule has 2 rings (SSSR count). The second kappa shape index (κ2) is 5.03. The van der Waals surface area contributed by atoms with Crippen LogP contribution in [0.1, 0.15) is 39.0 Å². The van der Waals surface area contributed by atoms with Crippen molar-refractivity contribution >= 4 is 0 Å². The summed E-state index contributed by atoms with van der Waals surface area (Å²) in [4.78, 5) is 2.65. The number of nitrogens with two attached hydrogens (primary N) is 1. The molecule has 0 bridgehead atoms. The minimum absolute atomic E-state index is 0.134. The zero-order valence-corrected chi connectivity index (χ0v) is 10.7. The summed E-state index contributed by atoms with van der Waals surface area (Å²) in [5.41, 5.74) is 6.24. The molecule has 2 fully saturated rings. The van der Waals surface area contributed by atoms with Crippen LogP contribution in [0.5, 0.6) is 0 Å². The maximum atomic E-state index is 6.11. The van der Waals surface area contributed by atoms with Crippen LogP contribution < -0.4 is 5.73 Å². The van der Waals surface area contributed by atoms with Crippen molar-refractivity contribution in [3.8, 4) is 0 Å². The third-order valence-electron chi connectivity index (χ3n) is 4.46. The van der Waals surface area contributed by atoms with E-state index < -0.39 is 0 Å². The van der Waals surface area contributed by atoms with Crippen LogP contribution in [0.4, 0.5) is 0 Å². The Morgan fingerprint density at radius 3 is 2.56 bits per heavy atom. The first-order valence-corrected chi connectivity index (χ1v) is 6.70. The van der Waals surface area contributed by atoms with Crippen molar-refractivity contribution in [2.24, 2.45) is 11.7 Å². The third kappa shape index (κ3) is 2.13. The van der Waals surface area contributed by atoms with E-state index in [2.05, 4.69) is 11.8 Å². The number of methoxy groups -OCH3 is 1. The van der Waals surface area contributed by atoms with Crippen LogP contribution in [0.25, 0.3) is 0 Å². The lowest BCUT2D eigenvalue weighted by Crippen LogP contribution is -2.62. The molecular formula is C13H26N2O. The van der Waals surface area contributed by atoms with Gasteiger partial charge in [0.15, 0.2) is 0 Å². The van der Waals surface area contributed by atoms with Crippen LogP contribution in [0.3, 0.4) is 0 Å². The van der Waals surface area contributed by atoms with Gasteiger partial charge in [0.2, 0.25) is 0 Å². The molecule has 1 aliphatic heterocycles. The first kappa shape index (κ1) is 12.3. The van der Waals surface area contributed by atoms with E-state index in [4.69, 9.17) is 10.5 Å². The molecule has 94 valence electrons. The predicted molar refractivity (Wildman–Crippen MR) is 66.4 cm³/mol. The molecule has 0 aromatic heterocycles. The van der Waals surface area contributed by atoms with Crippen molar-refractivity contribution in [2.75, 3.05) is 26.8 Å². The molecule has 2 atom stereocenters. The molecular weight excluding hydrogens is 200 g/mol. The summed E-state index contributed by atoms with van der Waals surface area (Å²) >= 11 is 0. The third-order valence-corrected chi connectivity index (χ3v) is 4.46. The Kier molecular flexibility index (Phi) is 3.88. The first-order valence-electron chi connectivity index (χ1n) is 6.70. The van der Waals surface area contributed by atoms with Crippen molar-refractivity contribution in [3.05, 3.63) is 0 Å². The van der Waals surface area contributed by atoms with Gasteiger partial charge in [0, 0.05) is 19.7 Å². The molecule has 1 saturated carbocycles. The summed E-state index contributed by atoms with van der Waals surface area (Å²) in [6.07, 6.45) is 6.68. The number of ether oxygens (including phenoxy) is 1. The lowest BCUT2D eigenvalue weighted by Gasteiger charge is -2.49. The number of hydrogen-bond donors (Lipinski definition) is 1. The molecule has 0 spiro atoms. The van der Waals surface area contributed by atoms with Crippen molar-refractivity contribution in [2.45, 2.75) is 50.6 Å². The minimum atomic E-state index is 0.134. The Hall–Kier alpha value is -0.120. The molecule has 3 nitrogen and oxygen atoms in total. The zero-order chi connectivity index (χ0) is 11.6. The second-order valence-corrected chi connectivity index (χ2v) is 5.55. The Morgan fingerprint density at radius 2 is 2.06 bits per heavy atom. The fraction of sp³-hybridized carbons (Fsp3) is 1.00. The molecule has 0 aromatic carbocycles. The van der Waals surface area contributed by atoms with Crippen molar-refractivity contribution in [3.63, 3.8) is 0 Å². The number of likely N-dealkylation sites (tertiary alicyclic amines) is 1. The number of nitrogens with zero attached hydrogens (tertiary/aromatic N) is 1. The van der Waals surface area contributed by atoms with Crippen molar-refractivity contribution in [1.29, 1.82) is 0 Å². The van der Waals surface area contributed by atoms with Gasteiger partial charge in [-0.05, 0) is 45.1 Å². The molecule has 3 heteroatoms. The van der Waals surface area contributed by atoms with Crippen molar-refractivity contribution in [1.82, 2.24) is 4.90 Å². The topological polar surface area (TPSA) is 38.5 Å². The van der Waals surface area contributed by atoms with Gasteiger partial charge in [-0.3, -0.25) is 4.90 Å². The smallest absolute Gasteiger partial charge is 0.0661 e. The standard InChI is InChI=1S/C13H26N2O/c1-11-5-3-4-8-15(11)13(9-14,10-16-2)12-6-7-12/h11-12H,3-10,14H2,1-2H3. The highest BCUT2D eigenvalue weighted by molar-refractivity contribution is 5.05. The zero-order valence-electron chi connectivity index (χ0n) is 10.7. The van der Waals surface area contributed by atoms with Gasteiger partial charge < -0.3 is 10.5 Å². The molecule has 0 radical (unpaired) electrons. The number of hydrogen-bond acceptors (Lipinski definition) is 3. The van der Waals surface area contributed by atoms with E-state index in [9.17, 15) is 0 Å². The van der Waals surface area contributed by atoms with Gasteiger partial charge in [-0.2, -0.15) is 0 Å². The van der Waals surface area contributed by atoms with Gasteiger partial charge in [0.1, 0.15) is 0 Å². The van der Waals surface area contributed by atoms with E-state index in [-0.39, 0.29) is 5.54 Å². The summed E-state index contributed by atoms with van der Waals surface area (Å²) < 4.78 is 5.48. The quantitative estimate of drug-likeness (QED) is 0.774. The van der Waals surface area contributed by atoms with Crippen LogP contribution in [0.2, 0.25) is 0 Å². The van der Waals surface area contributed by atoms with E-state index in [0.717, 1.165) is 19.1 Å². The maximum absolute atomic E-state index is 6.11. The second-order valence-electron chi connectivity index (χ2n) is 5.55. The molecule has 0 amide bonds. The van der Waals surface area contributed by atoms with Crippen molar-refractivity contribution < 1.29 is 4.74 Å². The Bertz CT molecular complexity index is 230. The van der Waals surface area contributed by atoms with Crippen LogP contribution in [0, 0.1) is 5.92 Å². The molecule has 1 heterocycles. The Morgan fingerprint density at radius 1 is 1.31 bits per heavy atom. The Balaban J connectivity index is 2.14. The van der Waals surface area contributed by atoms with Gasteiger partial charge >= 0.3 is 0 Å². The average molecular weight is 226 g/mol. The van der Waals surface area contributed by atoms with E-state index in [1.54, 1.807) is 7.11 Å². The minimum Gasteiger partial charge on any atom is -0.383 e. The predicted octanol–water partition coefficient (Wildman–Crippen LogP) is 1.61. The average Bonchev–Trinajstić information content (AvgIpc) is 3.11. The number of rotatable bonds is 5. The fourth-order valence-corrected chi connectivity index (χ4v) is 3.41. The highest BCUT2D eigenvalue weighted by atomic mass is 16.5. The highest BCUT2D eigenvalue weighted by Crippen LogP contribution is 2.44. The maximum Gasteiger partial charge on any atom is 0.0661 e. The van der Waals surface area contributed by atoms with Gasteiger partial charge in [-0.25, -0.2) is 0 Å². The normalized spacial score (nSPS) is 31.3. The fourth-order valence-electron chi connectivity index (χ4n) is 3.41. The van der Waals surface area contributed by atoms with E-state index >= 15 is 0 Å². The summed E-state index contributed by atoms with van der Waals surface area (Å²) in [6.45, 7) is 5.11. The van der Waals surface area contributed by atoms with Crippen LogP contribution >= 0.6 is 0 Å². The van der Waals surface area contributed by atoms with E-state index in [1.165, 1.54) is 38.6 Å². The van der Waals surface area contributed by atoms with Crippen LogP contribution in [0.15, 0.2) is 0 Å². The largest absolute Gasteiger partial charge is 0.383 e. The van der Waals surface area contributed by atoms with Crippen LogP contribution in [-0.4, -0.2) is 43.3 Å². The summed E-state index contributed by atoms with van der Waals surface area (Å²) in [5, 5.41) is 0. The molecule has 2 N–H and O–H groups in total. The Labute approximate surface area is 99.3 Å². The number of piperidine rings is 1. The van der Waals surface area contributed by atoms with Crippen LogP contribution in [-0.2, 0) is 4.74 Å². The molecule has 2 unspecified atom stereocenters. The lowest BCUT2D eigenvalue weighted by molar-refractivity contribution is -0.0365. The lowest BCUT2D eigenvalue weighted by atomic mass is 9.87. The summed E-state index contributed by atoms with van der Waals surface area (Å²) in [5.74, 6) is 0.776. The summed E-state index contributed by atoms with van der Waals surface area (Å²) in [7, 11) is 1.81.